The smallest absolute Gasteiger partial charge is 0.258 e. The number of nitrogens with zero attached hydrogens (tertiary/aromatic N) is 2. The number of halogens is 1. The number of carbonyl (C=O) groups is 1. The van der Waals surface area contributed by atoms with Crippen molar-refractivity contribution in [3.8, 4) is 34.4 Å². The molecule has 0 spiro atoms. The first-order valence-corrected chi connectivity index (χ1v) is 11.1. The number of hydrogen-bond donors (Lipinski definition) is 1. The molecule has 0 aliphatic carbocycles. The van der Waals surface area contributed by atoms with Crippen molar-refractivity contribution in [3.63, 3.8) is 0 Å². The van der Waals surface area contributed by atoms with Crippen LogP contribution in [0.2, 0.25) is 5.02 Å². The largest absolute Gasteiger partial charge is 0.493 e. The van der Waals surface area contributed by atoms with E-state index in [1.807, 2.05) is 13.8 Å². The molecule has 1 amide bonds. The van der Waals surface area contributed by atoms with E-state index in [4.69, 9.17) is 35.1 Å². The van der Waals surface area contributed by atoms with E-state index >= 15 is 0 Å². The highest BCUT2D eigenvalue weighted by Gasteiger charge is 2.27. The molecule has 2 atom stereocenters. The van der Waals surface area contributed by atoms with E-state index in [0.717, 1.165) is 6.42 Å². The first kappa shape index (κ1) is 25.2. The average molecular weight is 490 g/mol. The van der Waals surface area contributed by atoms with Gasteiger partial charge in [-0.25, -0.2) is 0 Å². The lowest BCUT2D eigenvalue weighted by Gasteiger charge is -2.20. The Bertz CT molecular complexity index is 1080. The van der Waals surface area contributed by atoms with E-state index in [9.17, 15) is 4.79 Å². The van der Waals surface area contributed by atoms with Crippen LogP contribution in [0.3, 0.4) is 0 Å². The lowest BCUT2D eigenvalue weighted by atomic mass is 9.99. The maximum absolute atomic E-state index is 12.6. The minimum Gasteiger partial charge on any atom is -0.493 e. The molecule has 1 heterocycles. The number of carbonyl (C=O) groups excluding carboxylic acids is 1. The van der Waals surface area contributed by atoms with Gasteiger partial charge < -0.3 is 28.8 Å². The molecule has 1 N–H and O–H groups in total. The standard InChI is InChI=1S/C24H28ClN3O6/c1-6-14(2)21(26-20(29)13-33-17-9-7-16(25)8-10-17)24-27-23(28-34-24)15-11-18(30-3)22(32-5)19(12-15)31-4/h7-12,14,21H,6,13H2,1-5H3,(H,26,29). The molecule has 34 heavy (non-hydrogen) atoms. The lowest BCUT2D eigenvalue weighted by Crippen LogP contribution is -2.36. The van der Waals surface area contributed by atoms with Crippen LogP contribution >= 0.6 is 11.6 Å². The molecule has 3 rings (SSSR count). The average Bonchev–Trinajstić information content (AvgIpc) is 3.35. The maximum Gasteiger partial charge on any atom is 0.258 e. The second-order valence-electron chi connectivity index (χ2n) is 7.54. The monoisotopic (exact) mass is 489 g/mol. The van der Waals surface area contributed by atoms with Gasteiger partial charge in [0.15, 0.2) is 18.1 Å². The van der Waals surface area contributed by atoms with Crippen molar-refractivity contribution < 1.29 is 28.3 Å². The van der Waals surface area contributed by atoms with Crippen molar-refractivity contribution in [1.29, 1.82) is 0 Å². The Kier molecular flexibility index (Phi) is 8.59. The summed E-state index contributed by atoms with van der Waals surface area (Å²) in [6.07, 6.45) is 0.783. The quantitative estimate of drug-likeness (QED) is 0.413. The Morgan fingerprint density at radius 3 is 2.29 bits per heavy atom. The summed E-state index contributed by atoms with van der Waals surface area (Å²) in [6.45, 7) is 3.85. The summed E-state index contributed by atoms with van der Waals surface area (Å²) < 4.78 is 27.3. The van der Waals surface area contributed by atoms with E-state index in [1.165, 1.54) is 21.3 Å². The summed E-state index contributed by atoms with van der Waals surface area (Å²) in [5, 5.41) is 7.64. The predicted octanol–water partition coefficient (Wildman–Crippen LogP) is 4.70. The van der Waals surface area contributed by atoms with Crippen LogP contribution in [0, 0.1) is 5.92 Å². The predicted molar refractivity (Wildman–Crippen MR) is 127 cm³/mol. The Labute approximate surface area is 203 Å². The SMILES string of the molecule is CCC(C)C(NC(=O)COc1ccc(Cl)cc1)c1nc(-c2cc(OC)c(OC)c(OC)c2)no1. The molecule has 0 fully saturated rings. The molecule has 0 bridgehead atoms. The van der Waals surface area contributed by atoms with Crippen LogP contribution in [0.1, 0.15) is 32.2 Å². The summed E-state index contributed by atoms with van der Waals surface area (Å²) in [4.78, 5) is 17.1. The van der Waals surface area contributed by atoms with Crippen molar-refractivity contribution in [3.05, 3.63) is 47.3 Å². The van der Waals surface area contributed by atoms with Gasteiger partial charge in [-0.2, -0.15) is 4.98 Å². The van der Waals surface area contributed by atoms with Gasteiger partial charge in [0.25, 0.3) is 5.91 Å². The molecule has 0 aliphatic rings. The first-order valence-electron chi connectivity index (χ1n) is 10.7. The number of nitrogens with one attached hydrogen (secondary N) is 1. The minimum atomic E-state index is -0.491. The highest BCUT2D eigenvalue weighted by molar-refractivity contribution is 6.30. The van der Waals surface area contributed by atoms with E-state index in [0.29, 0.717) is 39.4 Å². The fraction of sp³-hybridized carbons (Fsp3) is 0.375. The highest BCUT2D eigenvalue weighted by atomic mass is 35.5. The molecule has 0 aliphatic heterocycles. The minimum absolute atomic E-state index is 0.0349. The van der Waals surface area contributed by atoms with Gasteiger partial charge in [-0.15, -0.1) is 0 Å². The number of ether oxygens (including phenoxy) is 4. The molecule has 10 heteroatoms. The summed E-state index contributed by atoms with van der Waals surface area (Å²) in [6, 6.07) is 9.75. The van der Waals surface area contributed by atoms with Gasteiger partial charge in [-0.05, 0) is 42.3 Å². The zero-order chi connectivity index (χ0) is 24.7. The lowest BCUT2D eigenvalue weighted by molar-refractivity contribution is -0.124. The van der Waals surface area contributed by atoms with Crippen molar-refractivity contribution in [2.45, 2.75) is 26.3 Å². The number of hydrogen-bond acceptors (Lipinski definition) is 8. The molecule has 0 saturated carbocycles. The van der Waals surface area contributed by atoms with Gasteiger partial charge in [0.05, 0.1) is 21.3 Å². The van der Waals surface area contributed by atoms with Crippen molar-refractivity contribution in [1.82, 2.24) is 15.5 Å². The topological polar surface area (TPSA) is 105 Å². The zero-order valence-electron chi connectivity index (χ0n) is 19.8. The van der Waals surface area contributed by atoms with Crippen LogP contribution in [0.4, 0.5) is 0 Å². The van der Waals surface area contributed by atoms with Gasteiger partial charge in [0.1, 0.15) is 11.8 Å². The fourth-order valence-electron chi connectivity index (χ4n) is 3.27. The van der Waals surface area contributed by atoms with Crippen LogP contribution in [0.15, 0.2) is 40.9 Å². The zero-order valence-corrected chi connectivity index (χ0v) is 20.5. The van der Waals surface area contributed by atoms with Crippen molar-refractivity contribution in [2.75, 3.05) is 27.9 Å². The maximum atomic E-state index is 12.6. The van der Waals surface area contributed by atoms with Crippen LogP contribution in [-0.2, 0) is 4.79 Å². The van der Waals surface area contributed by atoms with Crippen LogP contribution in [0.5, 0.6) is 23.0 Å². The highest BCUT2D eigenvalue weighted by Crippen LogP contribution is 2.40. The van der Waals surface area contributed by atoms with E-state index < -0.39 is 6.04 Å². The number of rotatable bonds is 11. The van der Waals surface area contributed by atoms with Crippen molar-refractivity contribution >= 4 is 17.5 Å². The Hall–Kier alpha value is -3.46. The molecule has 2 aromatic carbocycles. The summed E-state index contributed by atoms with van der Waals surface area (Å²) >= 11 is 5.88. The van der Waals surface area contributed by atoms with E-state index in [-0.39, 0.29) is 24.3 Å². The number of amides is 1. The molecule has 2 unspecified atom stereocenters. The number of methoxy groups -OCH3 is 3. The molecule has 182 valence electrons. The molecule has 1 aromatic heterocycles. The molecular formula is C24H28ClN3O6. The normalized spacial score (nSPS) is 12.5. The molecule has 0 saturated heterocycles. The van der Waals surface area contributed by atoms with Gasteiger partial charge in [-0.1, -0.05) is 37.0 Å². The van der Waals surface area contributed by atoms with Crippen molar-refractivity contribution in [2.24, 2.45) is 5.92 Å². The Morgan fingerprint density at radius 2 is 1.74 bits per heavy atom. The molecular weight excluding hydrogens is 462 g/mol. The molecule has 0 radical (unpaired) electrons. The van der Waals surface area contributed by atoms with E-state index in [1.54, 1.807) is 36.4 Å². The first-order chi connectivity index (χ1) is 16.4. The number of aromatic nitrogens is 2. The summed E-state index contributed by atoms with van der Waals surface area (Å²) in [7, 11) is 4.59. The van der Waals surface area contributed by atoms with Crippen LogP contribution < -0.4 is 24.3 Å². The van der Waals surface area contributed by atoms with Gasteiger partial charge >= 0.3 is 0 Å². The number of benzene rings is 2. The van der Waals surface area contributed by atoms with Crippen LogP contribution in [0.25, 0.3) is 11.4 Å². The third-order valence-electron chi connectivity index (χ3n) is 5.34. The second-order valence-corrected chi connectivity index (χ2v) is 7.98. The third kappa shape index (κ3) is 5.91. The molecule has 9 nitrogen and oxygen atoms in total. The van der Waals surface area contributed by atoms with Gasteiger partial charge in [0, 0.05) is 10.6 Å². The van der Waals surface area contributed by atoms with Crippen LogP contribution in [-0.4, -0.2) is 44.0 Å². The van der Waals surface area contributed by atoms with E-state index in [2.05, 4.69) is 15.5 Å². The Morgan fingerprint density at radius 1 is 1.09 bits per heavy atom. The Balaban J connectivity index is 1.79. The fourth-order valence-corrected chi connectivity index (χ4v) is 3.39. The third-order valence-corrected chi connectivity index (χ3v) is 5.60. The second kappa shape index (κ2) is 11.6. The summed E-state index contributed by atoms with van der Waals surface area (Å²) in [5.74, 6) is 2.28. The molecule has 3 aromatic rings. The summed E-state index contributed by atoms with van der Waals surface area (Å²) in [5.41, 5.74) is 0.616. The van der Waals surface area contributed by atoms with Gasteiger partial charge in [-0.3, -0.25) is 4.79 Å². The van der Waals surface area contributed by atoms with Gasteiger partial charge in [0.2, 0.25) is 17.5 Å².